The first-order valence-electron chi connectivity index (χ1n) is 18.1. The second-order valence-corrected chi connectivity index (χ2v) is 15.8. The number of amides is 1. The summed E-state index contributed by atoms with van der Waals surface area (Å²) < 4.78 is 24.1. The smallest absolute Gasteiger partial charge is 0.338 e. The van der Waals surface area contributed by atoms with E-state index in [0.717, 1.165) is 0 Å². The number of fused-ring (bicyclic) bond motifs is 5. The van der Waals surface area contributed by atoms with Crippen LogP contribution in [0.2, 0.25) is 0 Å². The van der Waals surface area contributed by atoms with Crippen molar-refractivity contribution in [2.75, 3.05) is 6.61 Å². The molecular weight excluding hydrogens is 702 g/mol. The zero-order valence-corrected chi connectivity index (χ0v) is 31.1. The molecule has 3 aliphatic carbocycles. The topological polar surface area (TPSA) is 218 Å². The molecule has 12 atom stereocenters. The maximum absolute atomic E-state index is 14.1. The lowest BCUT2D eigenvalue weighted by atomic mass is 9.44. The Morgan fingerprint density at radius 3 is 2.09 bits per heavy atom. The fourth-order valence-electron chi connectivity index (χ4n) is 9.57. The molecule has 1 amide bonds. The van der Waals surface area contributed by atoms with Gasteiger partial charge in [-0.25, -0.2) is 9.59 Å². The Balaban J connectivity index is 1.52. The van der Waals surface area contributed by atoms with Crippen LogP contribution in [0.15, 0.2) is 71.8 Å². The van der Waals surface area contributed by atoms with E-state index in [2.05, 4.69) is 5.32 Å². The number of rotatable bonds is 8. The first-order valence-corrected chi connectivity index (χ1v) is 18.1. The molecule has 14 heteroatoms. The summed E-state index contributed by atoms with van der Waals surface area (Å²) in [6, 6.07) is 15.0. The number of hydrogen-bond acceptors (Lipinski definition) is 13. The van der Waals surface area contributed by atoms with Gasteiger partial charge >= 0.3 is 17.9 Å². The molecule has 0 aromatic heterocycles. The Labute approximate surface area is 313 Å². The molecular formula is C40H49NO13. The van der Waals surface area contributed by atoms with Crippen molar-refractivity contribution in [3.8, 4) is 0 Å². The fourth-order valence-corrected chi connectivity index (χ4v) is 9.57. The van der Waals surface area contributed by atoms with Gasteiger partial charge in [0.1, 0.15) is 30.0 Å². The van der Waals surface area contributed by atoms with Crippen molar-refractivity contribution >= 4 is 23.8 Å². The van der Waals surface area contributed by atoms with Gasteiger partial charge in [0.25, 0.3) is 0 Å². The number of carbonyl (C=O) groups is 4. The number of ether oxygens (including phenoxy) is 4. The third-order valence-electron chi connectivity index (χ3n) is 12.5. The van der Waals surface area contributed by atoms with Gasteiger partial charge in [0, 0.05) is 37.5 Å². The Kier molecular flexibility index (Phi) is 10.4. The zero-order chi connectivity index (χ0) is 39.5. The lowest BCUT2D eigenvalue weighted by Crippen LogP contribution is -2.82. The molecule has 6 N–H and O–H groups in total. The molecule has 2 saturated carbocycles. The van der Waals surface area contributed by atoms with Crippen LogP contribution in [0, 0.1) is 16.7 Å². The number of benzene rings is 2. The molecule has 1 unspecified atom stereocenters. The standard InChI is InChI=1S/C40H49NO13/c1-20-25(52-36(49)31(46)29(41-21(2)42)23-13-9-7-10-14-23)18-40(50)34(53-35(48)24-15-11-8-12-16-24)32-38(6,33(47)30(45)28(20)37(40,4)5)26(44)17-27-39(32,19-51-27)54-22(3)43/h7-16,25-27,29-34,44-47,50H,17-19H2,1-6H3,(H,41,42)/t25?,26-,27+,29-,30+,31+,32-,33+,34-,38+,39-,40+/m0/s1. The van der Waals surface area contributed by atoms with Crippen LogP contribution in [0.25, 0.3) is 0 Å². The maximum atomic E-state index is 14.1. The lowest BCUT2D eigenvalue weighted by Gasteiger charge is -2.69. The van der Waals surface area contributed by atoms with Crippen molar-refractivity contribution in [3.05, 3.63) is 82.9 Å². The molecule has 6 rings (SSSR count). The summed E-state index contributed by atoms with van der Waals surface area (Å²) >= 11 is 0. The molecule has 2 aromatic carbocycles. The number of nitrogens with one attached hydrogen (secondary N) is 1. The molecule has 0 radical (unpaired) electrons. The number of aliphatic hydroxyl groups excluding tert-OH is 4. The average Bonchev–Trinajstić information content (AvgIpc) is 3.12. The third-order valence-corrected chi connectivity index (χ3v) is 12.5. The lowest BCUT2D eigenvalue weighted by molar-refractivity contribution is -0.365. The molecule has 0 spiro atoms. The highest BCUT2D eigenvalue weighted by Gasteiger charge is 2.77. The van der Waals surface area contributed by atoms with Crippen molar-refractivity contribution in [1.29, 1.82) is 0 Å². The molecule has 292 valence electrons. The largest absolute Gasteiger partial charge is 0.456 e. The number of hydrogen-bond donors (Lipinski definition) is 6. The van der Waals surface area contributed by atoms with Crippen LogP contribution in [0.4, 0.5) is 0 Å². The summed E-state index contributed by atoms with van der Waals surface area (Å²) in [7, 11) is 0. The van der Waals surface area contributed by atoms with Crippen LogP contribution in [-0.4, -0.2) is 110 Å². The van der Waals surface area contributed by atoms with Crippen molar-refractivity contribution < 1.29 is 63.7 Å². The highest BCUT2D eigenvalue weighted by Crippen LogP contribution is 2.65. The summed E-state index contributed by atoms with van der Waals surface area (Å²) in [5.74, 6) is -4.71. The second-order valence-electron chi connectivity index (χ2n) is 15.8. The van der Waals surface area contributed by atoms with E-state index in [1.165, 1.54) is 32.9 Å². The minimum atomic E-state index is -2.28. The quantitative estimate of drug-likeness (QED) is 0.129. The second kappa shape index (κ2) is 14.2. The summed E-state index contributed by atoms with van der Waals surface area (Å²) in [6.45, 7) is 8.41. The van der Waals surface area contributed by atoms with Gasteiger partial charge in [-0.3, -0.25) is 9.59 Å². The van der Waals surface area contributed by atoms with Crippen LogP contribution >= 0.6 is 0 Å². The Bertz CT molecular complexity index is 1820. The highest BCUT2D eigenvalue weighted by molar-refractivity contribution is 5.89. The van der Waals surface area contributed by atoms with E-state index in [1.54, 1.807) is 69.3 Å². The van der Waals surface area contributed by atoms with E-state index < -0.39 is 107 Å². The van der Waals surface area contributed by atoms with Crippen LogP contribution in [0.3, 0.4) is 0 Å². The molecule has 14 nitrogen and oxygen atoms in total. The molecule has 1 saturated heterocycles. The van der Waals surface area contributed by atoms with E-state index in [-0.39, 0.29) is 29.7 Å². The van der Waals surface area contributed by atoms with Gasteiger partial charge in [0.15, 0.2) is 11.7 Å². The minimum Gasteiger partial charge on any atom is -0.456 e. The summed E-state index contributed by atoms with van der Waals surface area (Å²) in [4.78, 5) is 52.9. The highest BCUT2D eigenvalue weighted by atomic mass is 16.6. The average molecular weight is 752 g/mol. The van der Waals surface area contributed by atoms with E-state index >= 15 is 0 Å². The Hall–Kier alpha value is -4.18. The molecule has 54 heavy (non-hydrogen) atoms. The van der Waals surface area contributed by atoms with Crippen LogP contribution in [-0.2, 0) is 33.3 Å². The predicted octanol–water partition coefficient (Wildman–Crippen LogP) is 1.66. The number of carbonyl (C=O) groups excluding carboxylic acids is 4. The maximum Gasteiger partial charge on any atom is 0.338 e. The monoisotopic (exact) mass is 751 g/mol. The SMILES string of the molecule is CC(=O)N[C@@H](c1ccccc1)[C@@H](O)C(=O)OC1C[C@@]2(O)[C@@H](OC(=O)c3ccccc3)[C@@H]3[C@]4(OC(C)=O)CO[C@@H]4C[C@H](O)[C@@]3(C)[C@H](O)[C@H](O)C(=C1C)C2(C)C. The first-order chi connectivity index (χ1) is 25.3. The van der Waals surface area contributed by atoms with Gasteiger partial charge in [0.05, 0.1) is 36.3 Å². The zero-order valence-electron chi connectivity index (χ0n) is 31.1. The number of aliphatic hydroxyl groups is 5. The first kappa shape index (κ1) is 39.5. The van der Waals surface area contributed by atoms with Gasteiger partial charge < -0.3 is 49.8 Å². The van der Waals surface area contributed by atoms with Crippen LogP contribution in [0.1, 0.15) is 76.3 Å². The molecule has 3 fully saturated rings. The summed E-state index contributed by atoms with van der Waals surface area (Å²) in [6.07, 6.45) is -11.6. The summed E-state index contributed by atoms with van der Waals surface area (Å²) in [5.41, 5.74) is -6.46. The van der Waals surface area contributed by atoms with Gasteiger partial charge in [-0.05, 0) is 35.8 Å². The van der Waals surface area contributed by atoms with Crippen LogP contribution in [0.5, 0.6) is 0 Å². The molecule has 1 heterocycles. The molecule has 2 aromatic rings. The minimum absolute atomic E-state index is 0.0543. The van der Waals surface area contributed by atoms with E-state index in [0.29, 0.717) is 5.56 Å². The number of esters is 3. The van der Waals surface area contributed by atoms with Crippen molar-refractivity contribution in [1.82, 2.24) is 5.32 Å². The Morgan fingerprint density at radius 1 is 0.926 bits per heavy atom. The predicted molar refractivity (Wildman–Crippen MR) is 189 cm³/mol. The Morgan fingerprint density at radius 2 is 1.54 bits per heavy atom. The molecule has 1 aliphatic heterocycles. The van der Waals surface area contributed by atoms with E-state index in [4.69, 9.17) is 18.9 Å². The fraction of sp³-hybridized carbons (Fsp3) is 0.550. The van der Waals surface area contributed by atoms with Crippen molar-refractivity contribution in [2.45, 2.75) is 114 Å². The van der Waals surface area contributed by atoms with Crippen LogP contribution < -0.4 is 5.32 Å². The molecule has 2 bridgehead atoms. The van der Waals surface area contributed by atoms with Crippen molar-refractivity contribution in [3.63, 3.8) is 0 Å². The van der Waals surface area contributed by atoms with Crippen molar-refractivity contribution in [2.24, 2.45) is 16.7 Å². The third kappa shape index (κ3) is 6.13. The summed E-state index contributed by atoms with van der Waals surface area (Å²) in [5, 5.41) is 63.6. The van der Waals surface area contributed by atoms with Gasteiger partial charge in [-0.2, -0.15) is 0 Å². The normalized spacial score (nSPS) is 36.4. The molecule has 4 aliphatic rings. The van der Waals surface area contributed by atoms with E-state index in [9.17, 15) is 44.7 Å². The van der Waals surface area contributed by atoms with Gasteiger partial charge in [0.2, 0.25) is 5.91 Å². The van der Waals surface area contributed by atoms with E-state index in [1.807, 2.05) is 0 Å². The van der Waals surface area contributed by atoms with Gasteiger partial charge in [-0.1, -0.05) is 69.3 Å². The van der Waals surface area contributed by atoms with Gasteiger partial charge in [-0.15, -0.1) is 0 Å².